The molecule has 0 saturated carbocycles. The van der Waals surface area contributed by atoms with E-state index in [2.05, 4.69) is 11.4 Å². The van der Waals surface area contributed by atoms with Gasteiger partial charge in [0, 0.05) is 11.4 Å². The van der Waals surface area contributed by atoms with Gasteiger partial charge >= 0.3 is 0 Å². The van der Waals surface area contributed by atoms with Gasteiger partial charge in [0.25, 0.3) is 0 Å². The lowest BCUT2D eigenvalue weighted by Gasteiger charge is -2.25. The third-order valence-corrected chi connectivity index (χ3v) is 3.89. The number of nitrogens with one attached hydrogen (secondary N) is 1. The molecule has 1 aromatic heterocycles. The van der Waals surface area contributed by atoms with Crippen molar-refractivity contribution in [3.05, 3.63) is 22.4 Å². The lowest BCUT2D eigenvalue weighted by molar-refractivity contribution is -0.126. The van der Waals surface area contributed by atoms with Gasteiger partial charge in [-0.25, -0.2) is 0 Å². The Labute approximate surface area is 101 Å². The molecule has 3 N–H and O–H groups in total. The zero-order valence-electron chi connectivity index (χ0n) is 9.95. The lowest BCUT2D eigenvalue weighted by atomic mass is 9.93. The maximum Gasteiger partial charge on any atom is 0.240 e. The number of rotatable bonds is 6. The summed E-state index contributed by atoms with van der Waals surface area (Å²) >= 11 is 1.71. The van der Waals surface area contributed by atoms with Gasteiger partial charge in [-0.2, -0.15) is 0 Å². The lowest BCUT2D eigenvalue weighted by Crippen LogP contribution is -2.53. The molecule has 0 unspecified atom stereocenters. The van der Waals surface area contributed by atoms with Crippen molar-refractivity contribution in [2.75, 3.05) is 6.54 Å². The number of carbonyl (C=O) groups is 1. The fourth-order valence-corrected chi connectivity index (χ4v) is 2.21. The van der Waals surface area contributed by atoms with Crippen LogP contribution in [0.25, 0.3) is 0 Å². The molecule has 0 aliphatic rings. The van der Waals surface area contributed by atoms with Crippen LogP contribution in [0.1, 0.15) is 31.6 Å². The summed E-state index contributed by atoms with van der Waals surface area (Å²) in [7, 11) is 0. The number of thiophene rings is 1. The molecule has 1 rings (SSSR count). The van der Waals surface area contributed by atoms with Crippen LogP contribution in [0.5, 0.6) is 0 Å². The first kappa shape index (κ1) is 13.2. The summed E-state index contributed by atoms with van der Waals surface area (Å²) in [6.07, 6.45) is 2.23. The first-order valence-electron chi connectivity index (χ1n) is 5.72. The molecule has 4 heteroatoms. The molecule has 0 atom stereocenters. The Kier molecular flexibility index (Phi) is 4.96. The second kappa shape index (κ2) is 6.01. The molecular weight excluding hydrogens is 220 g/mol. The molecule has 3 nitrogen and oxygen atoms in total. The molecule has 0 spiro atoms. The highest BCUT2D eigenvalue weighted by atomic mass is 32.1. The van der Waals surface area contributed by atoms with E-state index in [0.717, 1.165) is 6.42 Å². The Morgan fingerprint density at radius 2 is 2.19 bits per heavy atom. The van der Waals surface area contributed by atoms with Crippen molar-refractivity contribution in [2.24, 2.45) is 5.73 Å². The van der Waals surface area contributed by atoms with E-state index >= 15 is 0 Å². The van der Waals surface area contributed by atoms with E-state index < -0.39 is 5.54 Å². The predicted octanol–water partition coefficient (Wildman–Crippen LogP) is 1.92. The standard InChI is InChI=1S/C12H20N2OS/c1-3-12(13,4-2)11(15)14-8-7-10-6-5-9-16-10/h5-6,9H,3-4,7-8,13H2,1-2H3,(H,14,15). The normalized spacial score (nSPS) is 11.4. The zero-order chi connectivity index (χ0) is 12.0. The van der Waals surface area contributed by atoms with Crippen molar-refractivity contribution in [2.45, 2.75) is 38.6 Å². The molecule has 90 valence electrons. The highest BCUT2D eigenvalue weighted by Gasteiger charge is 2.29. The second-order valence-electron chi connectivity index (χ2n) is 3.95. The topological polar surface area (TPSA) is 55.1 Å². The fraction of sp³-hybridized carbons (Fsp3) is 0.583. The summed E-state index contributed by atoms with van der Waals surface area (Å²) in [5.41, 5.74) is 5.29. The molecule has 1 aromatic rings. The van der Waals surface area contributed by atoms with Gasteiger partial charge in [0.05, 0.1) is 5.54 Å². The first-order valence-corrected chi connectivity index (χ1v) is 6.60. The maximum absolute atomic E-state index is 11.8. The van der Waals surface area contributed by atoms with Gasteiger partial charge < -0.3 is 11.1 Å². The van der Waals surface area contributed by atoms with Crippen LogP contribution in [0.15, 0.2) is 17.5 Å². The molecule has 0 fully saturated rings. The largest absolute Gasteiger partial charge is 0.354 e. The van der Waals surface area contributed by atoms with Gasteiger partial charge in [-0.1, -0.05) is 19.9 Å². The van der Waals surface area contributed by atoms with Gasteiger partial charge in [-0.3, -0.25) is 4.79 Å². The summed E-state index contributed by atoms with van der Waals surface area (Å²) in [4.78, 5) is 13.1. The fourth-order valence-electron chi connectivity index (χ4n) is 1.50. The summed E-state index contributed by atoms with van der Waals surface area (Å²) in [5.74, 6) is -0.0333. The second-order valence-corrected chi connectivity index (χ2v) is 4.98. The molecule has 1 amide bonds. The number of hydrogen-bond donors (Lipinski definition) is 2. The Hall–Kier alpha value is -0.870. The highest BCUT2D eigenvalue weighted by Crippen LogP contribution is 2.12. The quantitative estimate of drug-likeness (QED) is 0.798. The maximum atomic E-state index is 11.8. The van der Waals surface area contributed by atoms with Crippen LogP contribution in [0.4, 0.5) is 0 Å². The molecule has 0 bridgehead atoms. The van der Waals surface area contributed by atoms with Crippen molar-refractivity contribution in [3.8, 4) is 0 Å². The average Bonchev–Trinajstić information content (AvgIpc) is 2.80. The van der Waals surface area contributed by atoms with Crippen LogP contribution >= 0.6 is 11.3 Å². The van der Waals surface area contributed by atoms with Gasteiger partial charge in [-0.15, -0.1) is 11.3 Å². The van der Waals surface area contributed by atoms with E-state index in [9.17, 15) is 4.79 Å². The van der Waals surface area contributed by atoms with E-state index in [0.29, 0.717) is 19.4 Å². The third-order valence-electron chi connectivity index (χ3n) is 2.95. The van der Waals surface area contributed by atoms with Gasteiger partial charge in [0.15, 0.2) is 0 Å². The zero-order valence-corrected chi connectivity index (χ0v) is 10.8. The Bertz CT molecular complexity index is 318. The van der Waals surface area contributed by atoms with Crippen LogP contribution in [-0.4, -0.2) is 18.0 Å². The van der Waals surface area contributed by atoms with Gasteiger partial charge in [-0.05, 0) is 30.7 Å². The number of carbonyl (C=O) groups excluding carboxylic acids is 1. The monoisotopic (exact) mass is 240 g/mol. The van der Waals surface area contributed by atoms with Gasteiger partial charge in [0.2, 0.25) is 5.91 Å². The summed E-state index contributed by atoms with van der Waals surface area (Å²) in [5, 5.41) is 4.95. The highest BCUT2D eigenvalue weighted by molar-refractivity contribution is 7.09. The smallest absolute Gasteiger partial charge is 0.240 e. The SMILES string of the molecule is CCC(N)(CC)C(=O)NCCc1cccs1. The number of hydrogen-bond acceptors (Lipinski definition) is 3. The molecule has 0 aliphatic heterocycles. The van der Waals surface area contributed by atoms with Gasteiger partial charge in [0.1, 0.15) is 0 Å². The summed E-state index contributed by atoms with van der Waals surface area (Å²) in [6.45, 7) is 4.56. The molecule has 0 radical (unpaired) electrons. The molecule has 16 heavy (non-hydrogen) atoms. The van der Waals surface area contributed by atoms with Crippen LogP contribution < -0.4 is 11.1 Å². The molecular formula is C12H20N2OS. The first-order chi connectivity index (χ1) is 7.62. The van der Waals surface area contributed by atoms with E-state index in [1.54, 1.807) is 11.3 Å². The van der Waals surface area contributed by atoms with Crippen LogP contribution in [-0.2, 0) is 11.2 Å². The minimum Gasteiger partial charge on any atom is -0.354 e. The summed E-state index contributed by atoms with van der Waals surface area (Å²) in [6, 6.07) is 4.10. The molecule has 0 saturated heterocycles. The van der Waals surface area contributed by atoms with E-state index in [4.69, 9.17) is 5.73 Å². The van der Waals surface area contributed by atoms with E-state index in [1.165, 1.54) is 4.88 Å². The molecule has 0 aliphatic carbocycles. The Morgan fingerprint density at radius 3 is 2.69 bits per heavy atom. The molecule has 0 aromatic carbocycles. The van der Waals surface area contributed by atoms with Crippen molar-refractivity contribution in [1.29, 1.82) is 0 Å². The molecule has 1 heterocycles. The summed E-state index contributed by atoms with van der Waals surface area (Å²) < 4.78 is 0. The third kappa shape index (κ3) is 3.32. The minimum absolute atomic E-state index is 0.0333. The van der Waals surface area contributed by atoms with Crippen LogP contribution in [0, 0.1) is 0 Å². The Morgan fingerprint density at radius 1 is 1.50 bits per heavy atom. The Balaban J connectivity index is 2.35. The van der Waals surface area contributed by atoms with Crippen LogP contribution in [0.2, 0.25) is 0 Å². The van der Waals surface area contributed by atoms with Crippen LogP contribution in [0.3, 0.4) is 0 Å². The van der Waals surface area contributed by atoms with Crippen molar-refractivity contribution in [3.63, 3.8) is 0 Å². The van der Waals surface area contributed by atoms with E-state index in [1.807, 2.05) is 25.3 Å². The van der Waals surface area contributed by atoms with E-state index in [-0.39, 0.29) is 5.91 Å². The average molecular weight is 240 g/mol. The number of amides is 1. The predicted molar refractivity (Wildman–Crippen MR) is 68.5 cm³/mol. The van der Waals surface area contributed by atoms with Crippen molar-refractivity contribution in [1.82, 2.24) is 5.32 Å². The van der Waals surface area contributed by atoms with Crippen molar-refractivity contribution < 1.29 is 4.79 Å². The minimum atomic E-state index is -0.699. The number of nitrogens with two attached hydrogens (primary N) is 1. The van der Waals surface area contributed by atoms with Crippen molar-refractivity contribution >= 4 is 17.2 Å².